The number of nitrogens with one attached hydrogen (secondary N) is 1. The van der Waals surface area contributed by atoms with E-state index in [0.29, 0.717) is 6.10 Å². The van der Waals surface area contributed by atoms with Gasteiger partial charge in [0.15, 0.2) is 0 Å². The highest BCUT2D eigenvalue weighted by Crippen LogP contribution is 2.20. The molecule has 0 spiro atoms. The fourth-order valence-electron chi connectivity index (χ4n) is 2.57. The molecule has 0 aromatic rings. The summed E-state index contributed by atoms with van der Waals surface area (Å²) in [5, 5.41) is 3.71. The average molecular weight is 212 g/mol. The van der Waals surface area contributed by atoms with E-state index in [1.54, 1.807) is 0 Å². The molecule has 2 aliphatic rings. The first-order valence-corrected chi connectivity index (χ1v) is 6.29. The SMILES string of the molecule is CC1OCCC1CNC1CCN(C)CC1. The molecule has 2 heterocycles. The summed E-state index contributed by atoms with van der Waals surface area (Å²) in [5.74, 6) is 0.740. The molecule has 3 nitrogen and oxygen atoms in total. The lowest BCUT2D eigenvalue weighted by Gasteiger charge is -2.30. The van der Waals surface area contributed by atoms with Crippen LogP contribution in [0.4, 0.5) is 0 Å². The molecule has 0 aromatic carbocycles. The quantitative estimate of drug-likeness (QED) is 0.758. The first kappa shape index (κ1) is 11.4. The normalized spacial score (nSPS) is 34.8. The van der Waals surface area contributed by atoms with Gasteiger partial charge in [0.1, 0.15) is 0 Å². The summed E-state index contributed by atoms with van der Waals surface area (Å²) in [5.41, 5.74) is 0. The van der Waals surface area contributed by atoms with E-state index in [-0.39, 0.29) is 0 Å². The van der Waals surface area contributed by atoms with Crippen molar-refractivity contribution in [3.8, 4) is 0 Å². The largest absolute Gasteiger partial charge is 0.378 e. The first-order chi connectivity index (χ1) is 7.25. The highest BCUT2D eigenvalue weighted by molar-refractivity contribution is 4.80. The van der Waals surface area contributed by atoms with Gasteiger partial charge in [0, 0.05) is 19.2 Å². The highest BCUT2D eigenvalue weighted by atomic mass is 16.5. The number of likely N-dealkylation sites (tertiary alicyclic amines) is 1. The second-order valence-electron chi connectivity index (χ2n) is 5.11. The molecule has 2 unspecified atom stereocenters. The highest BCUT2D eigenvalue weighted by Gasteiger charge is 2.25. The lowest BCUT2D eigenvalue weighted by molar-refractivity contribution is 0.104. The minimum Gasteiger partial charge on any atom is -0.378 e. The zero-order chi connectivity index (χ0) is 10.7. The molecule has 0 saturated carbocycles. The fourth-order valence-corrected chi connectivity index (χ4v) is 2.57. The summed E-state index contributed by atoms with van der Waals surface area (Å²) in [7, 11) is 2.21. The lowest BCUT2D eigenvalue weighted by atomic mass is 10.0. The van der Waals surface area contributed by atoms with Gasteiger partial charge in [0.05, 0.1) is 6.10 Å². The standard InChI is InChI=1S/C12H24N2O/c1-10-11(5-8-15-10)9-13-12-3-6-14(2)7-4-12/h10-13H,3-9H2,1-2H3. The summed E-state index contributed by atoms with van der Waals surface area (Å²) < 4.78 is 5.57. The van der Waals surface area contributed by atoms with Gasteiger partial charge in [-0.3, -0.25) is 0 Å². The van der Waals surface area contributed by atoms with E-state index in [0.717, 1.165) is 25.1 Å². The Kier molecular flexibility index (Phi) is 4.00. The maximum absolute atomic E-state index is 5.57. The van der Waals surface area contributed by atoms with Crippen molar-refractivity contribution in [1.82, 2.24) is 10.2 Å². The molecule has 2 saturated heterocycles. The zero-order valence-electron chi connectivity index (χ0n) is 10.0. The number of piperidine rings is 1. The van der Waals surface area contributed by atoms with E-state index in [1.807, 2.05) is 0 Å². The molecule has 0 aromatic heterocycles. The van der Waals surface area contributed by atoms with E-state index in [4.69, 9.17) is 4.74 Å². The molecule has 2 fully saturated rings. The molecule has 3 heteroatoms. The Morgan fingerprint density at radius 1 is 1.27 bits per heavy atom. The van der Waals surface area contributed by atoms with Gasteiger partial charge >= 0.3 is 0 Å². The van der Waals surface area contributed by atoms with Crippen LogP contribution in [-0.2, 0) is 4.74 Å². The summed E-state index contributed by atoms with van der Waals surface area (Å²) in [4.78, 5) is 2.42. The van der Waals surface area contributed by atoms with Crippen molar-refractivity contribution in [1.29, 1.82) is 0 Å². The van der Waals surface area contributed by atoms with Gasteiger partial charge in [-0.1, -0.05) is 0 Å². The molecule has 1 N–H and O–H groups in total. The maximum Gasteiger partial charge on any atom is 0.0588 e. The van der Waals surface area contributed by atoms with Crippen LogP contribution in [0.1, 0.15) is 26.2 Å². The summed E-state index contributed by atoms with van der Waals surface area (Å²) in [6.45, 7) is 6.80. The second-order valence-corrected chi connectivity index (χ2v) is 5.11. The third-order valence-electron chi connectivity index (χ3n) is 3.92. The average Bonchev–Trinajstić information content (AvgIpc) is 2.63. The first-order valence-electron chi connectivity index (χ1n) is 6.29. The van der Waals surface area contributed by atoms with Crippen molar-refractivity contribution in [2.45, 2.75) is 38.3 Å². The molecular weight excluding hydrogens is 188 g/mol. The van der Waals surface area contributed by atoms with Crippen molar-refractivity contribution in [3.63, 3.8) is 0 Å². The monoisotopic (exact) mass is 212 g/mol. The molecule has 88 valence electrons. The predicted octanol–water partition coefficient (Wildman–Crippen LogP) is 1.10. The van der Waals surface area contributed by atoms with E-state index >= 15 is 0 Å². The third-order valence-corrected chi connectivity index (χ3v) is 3.92. The van der Waals surface area contributed by atoms with Crippen LogP contribution >= 0.6 is 0 Å². The summed E-state index contributed by atoms with van der Waals surface area (Å²) >= 11 is 0. The van der Waals surface area contributed by atoms with Gasteiger partial charge in [0.25, 0.3) is 0 Å². The van der Waals surface area contributed by atoms with Crippen LogP contribution in [0.15, 0.2) is 0 Å². The van der Waals surface area contributed by atoms with Crippen LogP contribution in [0.2, 0.25) is 0 Å². The van der Waals surface area contributed by atoms with E-state index in [2.05, 4.69) is 24.2 Å². The van der Waals surface area contributed by atoms with E-state index in [1.165, 1.54) is 32.4 Å². The van der Waals surface area contributed by atoms with Crippen LogP contribution < -0.4 is 5.32 Å². The number of hydrogen-bond acceptors (Lipinski definition) is 3. The molecular formula is C12H24N2O. The van der Waals surface area contributed by atoms with Gasteiger partial charge < -0.3 is 15.0 Å². The number of ether oxygens (including phenoxy) is 1. The third kappa shape index (κ3) is 3.16. The van der Waals surface area contributed by atoms with Crippen LogP contribution in [0.5, 0.6) is 0 Å². The summed E-state index contributed by atoms with van der Waals surface area (Å²) in [6, 6.07) is 0.744. The Bertz CT molecular complexity index is 190. The van der Waals surface area contributed by atoms with Crippen molar-refractivity contribution in [2.24, 2.45) is 5.92 Å². The van der Waals surface area contributed by atoms with Gasteiger partial charge in [-0.2, -0.15) is 0 Å². The minimum absolute atomic E-state index is 0.462. The van der Waals surface area contributed by atoms with Crippen LogP contribution in [-0.4, -0.2) is 50.3 Å². The molecule has 0 radical (unpaired) electrons. The molecule has 2 rings (SSSR count). The molecule has 2 aliphatic heterocycles. The smallest absolute Gasteiger partial charge is 0.0588 e. The lowest BCUT2D eigenvalue weighted by Crippen LogP contribution is -2.43. The van der Waals surface area contributed by atoms with Gasteiger partial charge in [0.2, 0.25) is 0 Å². The predicted molar refractivity (Wildman–Crippen MR) is 62.0 cm³/mol. The Morgan fingerprint density at radius 2 is 2.00 bits per heavy atom. The number of nitrogens with zero attached hydrogens (tertiary/aromatic N) is 1. The van der Waals surface area contributed by atoms with Crippen molar-refractivity contribution < 1.29 is 4.74 Å². The number of rotatable bonds is 3. The molecule has 15 heavy (non-hydrogen) atoms. The second kappa shape index (κ2) is 5.28. The minimum atomic E-state index is 0.462. The fraction of sp³-hybridized carbons (Fsp3) is 1.00. The van der Waals surface area contributed by atoms with Crippen molar-refractivity contribution in [2.75, 3.05) is 33.3 Å². The van der Waals surface area contributed by atoms with Crippen molar-refractivity contribution in [3.05, 3.63) is 0 Å². The van der Waals surface area contributed by atoms with Gasteiger partial charge in [-0.05, 0) is 52.2 Å². The zero-order valence-corrected chi connectivity index (χ0v) is 10.0. The molecule has 2 atom stereocenters. The Balaban J connectivity index is 1.65. The van der Waals surface area contributed by atoms with Gasteiger partial charge in [-0.25, -0.2) is 0 Å². The summed E-state index contributed by atoms with van der Waals surface area (Å²) in [6.07, 6.45) is 4.31. The van der Waals surface area contributed by atoms with Crippen LogP contribution in [0.25, 0.3) is 0 Å². The van der Waals surface area contributed by atoms with E-state index in [9.17, 15) is 0 Å². The van der Waals surface area contributed by atoms with Crippen LogP contribution in [0, 0.1) is 5.92 Å². The number of hydrogen-bond donors (Lipinski definition) is 1. The van der Waals surface area contributed by atoms with Crippen LogP contribution in [0.3, 0.4) is 0 Å². The molecule has 0 aliphatic carbocycles. The Labute approximate surface area is 93.2 Å². The molecule has 0 bridgehead atoms. The topological polar surface area (TPSA) is 24.5 Å². The van der Waals surface area contributed by atoms with E-state index < -0.39 is 0 Å². The Hall–Kier alpha value is -0.120. The maximum atomic E-state index is 5.57. The van der Waals surface area contributed by atoms with Crippen molar-refractivity contribution >= 4 is 0 Å². The van der Waals surface area contributed by atoms with Gasteiger partial charge in [-0.15, -0.1) is 0 Å². The molecule has 0 amide bonds. The Morgan fingerprint density at radius 3 is 2.60 bits per heavy atom.